The molecule has 0 saturated carbocycles. The molecule has 2 atom stereocenters. The van der Waals surface area contributed by atoms with Gasteiger partial charge in [0.25, 0.3) is 5.91 Å². The Kier molecular flexibility index (Phi) is 5.48. The van der Waals surface area contributed by atoms with Gasteiger partial charge in [-0.2, -0.15) is 0 Å². The summed E-state index contributed by atoms with van der Waals surface area (Å²) in [5, 5.41) is 5.87. The summed E-state index contributed by atoms with van der Waals surface area (Å²) in [6.45, 7) is 0.870. The van der Waals surface area contributed by atoms with E-state index in [1.807, 2.05) is 36.4 Å². The molecule has 1 aromatic heterocycles. The van der Waals surface area contributed by atoms with Crippen molar-refractivity contribution in [3.63, 3.8) is 0 Å². The second kappa shape index (κ2) is 7.97. The standard InChI is InChI=1S/C19H23N5O2/c1-21-18(25)17-10-13(20)12-24(17)19(26)15-7-2-3-8-16(15)23-11-14-6-4-5-9-22-14/h2-9,13,17,23H,10-12,20H2,1H3,(H,21,25)/t13-,17-/m0/s1. The quantitative estimate of drug-likeness (QED) is 0.744. The van der Waals surface area contributed by atoms with Crippen LogP contribution in [-0.4, -0.2) is 47.4 Å². The first-order valence-electron chi connectivity index (χ1n) is 8.61. The van der Waals surface area contributed by atoms with Crippen LogP contribution in [0.1, 0.15) is 22.5 Å². The maximum Gasteiger partial charge on any atom is 0.256 e. The van der Waals surface area contributed by atoms with Crippen molar-refractivity contribution in [3.8, 4) is 0 Å². The number of likely N-dealkylation sites (N-methyl/N-ethyl adjacent to an activating group) is 1. The predicted octanol–water partition coefficient (Wildman–Crippen LogP) is 0.982. The van der Waals surface area contributed by atoms with Crippen LogP contribution in [-0.2, 0) is 11.3 Å². The summed E-state index contributed by atoms with van der Waals surface area (Å²) in [4.78, 5) is 31.0. The van der Waals surface area contributed by atoms with Gasteiger partial charge in [0.05, 0.1) is 17.8 Å². The van der Waals surface area contributed by atoms with Crippen LogP contribution in [0.15, 0.2) is 48.7 Å². The molecule has 7 nitrogen and oxygen atoms in total. The fourth-order valence-electron chi connectivity index (χ4n) is 3.18. The molecule has 2 amide bonds. The van der Waals surface area contributed by atoms with Gasteiger partial charge in [-0.1, -0.05) is 18.2 Å². The zero-order valence-electron chi connectivity index (χ0n) is 14.7. The number of nitrogens with one attached hydrogen (secondary N) is 2. The summed E-state index contributed by atoms with van der Waals surface area (Å²) in [6, 6.07) is 12.2. The number of hydrogen-bond donors (Lipinski definition) is 3. The minimum atomic E-state index is -0.536. The van der Waals surface area contributed by atoms with Crippen LogP contribution < -0.4 is 16.4 Å². The number of para-hydroxylation sites is 1. The van der Waals surface area contributed by atoms with Crippen LogP contribution in [0.2, 0.25) is 0 Å². The molecule has 1 aliphatic rings. The highest BCUT2D eigenvalue weighted by Crippen LogP contribution is 2.24. The highest BCUT2D eigenvalue weighted by atomic mass is 16.2. The number of benzene rings is 1. The smallest absolute Gasteiger partial charge is 0.256 e. The average Bonchev–Trinajstić information content (AvgIpc) is 3.08. The number of rotatable bonds is 5. The van der Waals surface area contributed by atoms with Gasteiger partial charge in [-0.05, 0) is 30.7 Å². The predicted molar refractivity (Wildman–Crippen MR) is 99.5 cm³/mol. The molecule has 4 N–H and O–H groups in total. The normalized spacial score (nSPS) is 19.2. The molecule has 2 aromatic rings. The van der Waals surface area contributed by atoms with Crippen molar-refractivity contribution in [2.24, 2.45) is 5.73 Å². The monoisotopic (exact) mass is 353 g/mol. The molecule has 2 heterocycles. The van der Waals surface area contributed by atoms with E-state index < -0.39 is 6.04 Å². The van der Waals surface area contributed by atoms with E-state index in [9.17, 15) is 9.59 Å². The second-order valence-corrected chi connectivity index (χ2v) is 6.30. The van der Waals surface area contributed by atoms with E-state index in [1.54, 1.807) is 24.2 Å². The van der Waals surface area contributed by atoms with Gasteiger partial charge in [0.15, 0.2) is 0 Å². The van der Waals surface area contributed by atoms with E-state index >= 15 is 0 Å². The van der Waals surface area contributed by atoms with Crippen LogP contribution >= 0.6 is 0 Å². The zero-order chi connectivity index (χ0) is 18.5. The number of aromatic nitrogens is 1. The molecule has 1 aliphatic heterocycles. The van der Waals surface area contributed by atoms with Crippen molar-refractivity contribution in [3.05, 3.63) is 59.9 Å². The highest BCUT2D eigenvalue weighted by molar-refractivity contribution is 6.02. The molecule has 3 rings (SSSR count). The Morgan fingerprint density at radius 1 is 1.23 bits per heavy atom. The van der Waals surface area contributed by atoms with Crippen LogP contribution in [0.5, 0.6) is 0 Å². The van der Waals surface area contributed by atoms with Crippen molar-refractivity contribution < 1.29 is 9.59 Å². The number of nitrogens with zero attached hydrogens (tertiary/aromatic N) is 2. The molecule has 7 heteroatoms. The molecule has 1 aromatic carbocycles. The molecular formula is C19H23N5O2. The Labute approximate surface area is 152 Å². The van der Waals surface area contributed by atoms with E-state index in [0.717, 1.165) is 5.69 Å². The van der Waals surface area contributed by atoms with Crippen molar-refractivity contribution in [1.82, 2.24) is 15.2 Å². The minimum absolute atomic E-state index is 0.190. The fraction of sp³-hybridized carbons (Fsp3) is 0.316. The largest absolute Gasteiger partial charge is 0.379 e. The number of pyridine rings is 1. The van der Waals surface area contributed by atoms with Gasteiger partial charge in [0, 0.05) is 31.5 Å². The van der Waals surface area contributed by atoms with Gasteiger partial charge in [-0.15, -0.1) is 0 Å². The number of carbonyl (C=O) groups excluding carboxylic acids is 2. The third-order valence-corrected chi connectivity index (χ3v) is 4.49. The van der Waals surface area contributed by atoms with Gasteiger partial charge < -0.3 is 21.3 Å². The highest BCUT2D eigenvalue weighted by Gasteiger charge is 2.38. The Morgan fingerprint density at radius 2 is 2.00 bits per heavy atom. The number of amides is 2. The summed E-state index contributed by atoms with van der Waals surface area (Å²) in [5.41, 5.74) is 8.10. The first-order valence-corrected chi connectivity index (χ1v) is 8.61. The van der Waals surface area contributed by atoms with Crippen LogP contribution in [0.25, 0.3) is 0 Å². The summed E-state index contributed by atoms with van der Waals surface area (Å²) < 4.78 is 0. The molecule has 0 spiro atoms. The molecule has 0 bridgehead atoms. The van der Waals surface area contributed by atoms with Gasteiger partial charge in [-0.3, -0.25) is 14.6 Å². The fourth-order valence-corrected chi connectivity index (χ4v) is 3.18. The Bertz CT molecular complexity index is 781. The first kappa shape index (κ1) is 17.9. The second-order valence-electron chi connectivity index (χ2n) is 6.30. The van der Waals surface area contributed by atoms with Gasteiger partial charge in [0.2, 0.25) is 5.91 Å². The Morgan fingerprint density at radius 3 is 2.73 bits per heavy atom. The number of likely N-dealkylation sites (tertiary alicyclic amines) is 1. The molecule has 0 radical (unpaired) electrons. The van der Waals surface area contributed by atoms with Crippen molar-refractivity contribution in [2.45, 2.75) is 25.0 Å². The van der Waals surface area contributed by atoms with E-state index in [-0.39, 0.29) is 17.9 Å². The number of anilines is 1. The minimum Gasteiger partial charge on any atom is -0.379 e. The molecule has 0 unspecified atom stereocenters. The van der Waals surface area contributed by atoms with Crippen molar-refractivity contribution >= 4 is 17.5 Å². The molecule has 26 heavy (non-hydrogen) atoms. The van der Waals surface area contributed by atoms with E-state index in [1.165, 1.54) is 0 Å². The summed E-state index contributed by atoms with van der Waals surface area (Å²) >= 11 is 0. The molecule has 0 aliphatic carbocycles. The van der Waals surface area contributed by atoms with Gasteiger partial charge in [0.1, 0.15) is 6.04 Å². The average molecular weight is 353 g/mol. The number of carbonyl (C=O) groups is 2. The number of nitrogens with two attached hydrogens (primary N) is 1. The SMILES string of the molecule is CNC(=O)[C@@H]1C[C@H](N)CN1C(=O)c1ccccc1NCc1ccccn1. The van der Waals surface area contributed by atoms with Crippen molar-refractivity contribution in [2.75, 3.05) is 18.9 Å². The zero-order valence-corrected chi connectivity index (χ0v) is 14.7. The van der Waals surface area contributed by atoms with Crippen LogP contribution in [0.4, 0.5) is 5.69 Å². The number of hydrogen-bond acceptors (Lipinski definition) is 5. The Balaban J connectivity index is 1.80. The lowest BCUT2D eigenvalue weighted by Gasteiger charge is -2.24. The molecule has 1 fully saturated rings. The van der Waals surface area contributed by atoms with Gasteiger partial charge in [-0.25, -0.2) is 0 Å². The maximum absolute atomic E-state index is 13.1. The van der Waals surface area contributed by atoms with Crippen LogP contribution in [0.3, 0.4) is 0 Å². The third-order valence-electron chi connectivity index (χ3n) is 4.49. The molecule has 136 valence electrons. The van der Waals surface area contributed by atoms with Gasteiger partial charge >= 0.3 is 0 Å². The molecular weight excluding hydrogens is 330 g/mol. The summed E-state index contributed by atoms with van der Waals surface area (Å²) in [7, 11) is 1.57. The summed E-state index contributed by atoms with van der Waals surface area (Å²) in [6.07, 6.45) is 2.20. The van der Waals surface area contributed by atoms with Crippen molar-refractivity contribution in [1.29, 1.82) is 0 Å². The first-order chi connectivity index (χ1) is 12.6. The van der Waals surface area contributed by atoms with E-state index in [2.05, 4.69) is 15.6 Å². The maximum atomic E-state index is 13.1. The lowest BCUT2D eigenvalue weighted by atomic mass is 10.1. The lowest BCUT2D eigenvalue weighted by Crippen LogP contribution is -2.45. The van der Waals surface area contributed by atoms with E-state index in [4.69, 9.17) is 5.73 Å². The Hall–Kier alpha value is -2.93. The summed E-state index contributed by atoms with van der Waals surface area (Å²) in [5.74, 6) is -0.388. The lowest BCUT2D eigenvalue weighted by molar-refractivity contribution is -0.124. The van der Waals surface area contributed by atoms with Crippen LogP contribution in [0, 0.1) is 0 Å². The topological polar surface area (TPSA) is 100 Å². The third kappa shape index (κ3) is 3.83. The molecule has 1 saturated heterocycles. The van der Waals surface area contributed by atoms with E-state index in [0.29, 0.717) is 30.8 Å².